The van der Waals surface area contributed by atoms with E-state index in [0.29, 0.717) is 33.8 Å². The highest BCUT2D eigenvalue weighted by atomic mass is 35.5. The first-order chi connectivity index (χ1) is 27.5. The summed E-state index contributed by atoms with van der Waals surface area (Å²) in [6, 6.07) is 10.3. The lowest BCUT2D eigenvalue weighted by Crippen LogP contribution is -2.49. The maximum atomic E-state index is 13.3. The number of hydrogen-bond acceptors (Lipinski definition) is 12. The van der Waals surface area contributed by atoms with E-state index in [1.54, 1.807) is 30.3 Å². The Labute approximate surface area is 342 Å². The molecule has 4 rings (SSSR count). The fraction of sp³-hybridized carbons (Fsp3) is 0.659. The molecular formula is C41H62ClN6O8P. The minimum Gasteiger partial charge on any atom is -0.387 e. The highest BCUT2D eigenvalue weighted by Crippen LogP contribution is 2.48. The van der Waals surface area contributed by atoms with Crippen LogP contribution in [0.3, 0.4) is 0 Å². The molecule has 6 atom stereocenters. The molecule has 316 valence electrons. The fourth-order valence-electron chi connectivity index (χ4n) is 7.33. The average molecular weight is 833 g/mol. The predicted octanol–water partition coefficient (Wildman–Crippen LogP) is 8.44. The number of nitrogens with zero attached hydrogens (tertiary/aromatic N) is 5. The molecular weight excluding hydrogens is 771 g/mol. The van der Waals surface area contributed by atoms with E-state index in [0.717, 1.165) is 25.7 Å². The number of rotatable bonds is 29. The number of nitrogen functional groups attached to an aromatic ring is 1. The van der Waals surface area contributed by atoms with Crippen molar-refractivity contribution in [2.24, 2.45) is 4.99 Å². The number of nitriles is 1. The Bertz CT molecular complexity index is 1760. The van der Waals surface area contributed by atoms with Crippen LogP contribution in [-0.2, 0) is 29.7 Å². The molecule has 57 heavy (non-hydrogen) atoms. The average Bonchev–Trinajstić information content (AvgIpc) is 3.73. The minimum absolute atomic E-state index is 0.108. The summed E-state index contributed by atoms with van der Waals surface area (Å²) in [5.74, 6) is 0.210. The molecule has 2 aromatic heterocycles. The van der Waals surface area contributed by atoms with Crippen LogP contribution in [0, 0.1) is 11.3 Å². The van der Waals surface area contributed by atoms with E-state index < -0.39 is 44.4 Å². The van der Waals surface area contributed by atoms with Gasteiger partial charge in [0, 0.05) is 5.02 Å². The molecule has 1 fully saturated rings. The highest BCUT2D eigenvalue weighted by molar-refractivity contribution is 7.47. The molecule has 0 bridgehead atoms. The number of unbranched alkanes of at least 4 members (excludes halogenated alkanes) is 15. The Balaban J connectivity index is 1.26. The van der Waals surface area contributed by atoms with Gasteiger partial charge in [-0.15, -0.1) is 0 Å². The molecule has 1 saturated heterocycles. The number of hydrogen-bond donors (Lipinski definition) is 4. The zero-order chi connectivity index (χ0) is 41.1. The molecule has 5 N–H and O–H groups in total. The van der Waals surface area contributed by atoms with Gasteiger partial charge in [-0.3, -0.25) is 14.0 Å². The van der Waals surface area contributed by atoms with Gasteiger partial charge < -0.3 is 30.3 Å². The van der Waals surface area contributed by atoms with Crippen LogP contribution in [0.4, 0.5) is 5.82 Å². The molecule has 1 aliphatic heterocycles. The van der Waals surface area contributed by atoms with Gasteiger partial charge in [0.05, 0.1) is 49.8 Å². The van der Waals surface area contributed by atoms with Crippen LogP contribution in [0.2, 0.25) is 5.02 Å². The lowest BCUT2D eigenvalue weighted by molar-refractivity contribution is -0.106. The second kappa shape index (κ2) is 24.2. The minimum atomic E-state index is -4.75. The number of aliphatic hydroxyl groups is 2. The van der Waals surface area contributed by atoms with Gasteiger partial charge in [-0.2, -0.15) is 10.4 Å². The first-order valence-electron chi connectivity index (χ1n) is 20.5. The zero-order valence-corrected chi connectivity index (χ0v) is 35.0. The van der Waals surface area contributed by atoms with Crippen molar-refractivity contribution in [2.75, 3.05) is 25.5 Å². The van der Waals surface area contributed by atoms with E-state index in [9.17, 15) is 24.9 Å². The predicted molar refractivity (Wildman–Crippen MR) is 221 cm³/mol. The second-order valence-electron chi connectivity index (χ2n) is 15.1. The number of halogens is 1. The van der Waals surface area contributed by atoms with Crippen LogP contribution in [-0.4, -0.2) is 80.1 Å². The van der Waals surface area contributed by atoms with Gasteiger partial charge in [-0.05, 0) is 49.0 Å². The number of nitrogens with two attached hydrogens (primary N) is 1. The molecule has 1 aromatic carbocycles. The molecule has 1 aliphatic rings. The molecule has 3 aromatic rings. The van der Waals surface area contributed by atoms with Crippen molar-refractivity contribution in [3.63, 3.8) is 0 Å². The third-order valence-corrected chi connectivity index (χ3v) is 11.7. The molecule has 1 unspecified atom stereocenters. The Morgan fingerprint density at radius 3 is 2.26 bits per heavy atom. The summed E-state index contributed by atoms with van der Waals surface area (Å²) in [6.07, 6.45) is 17.0. The molecule has 0 saturated carbocycles. The van der Waals surface area contributed by atoms with Crippen LogP contribution in [0.5, 0.6) is 0 Å². The van der Waals surface area contributed by atoms with E-state index in [2.05, 4.69) is 34.8 Å². The zero-order valence-electron chi connectivity index (χ0n) is 33.4. The van der Waals surface area contributed by atoms with Gasteiger partial charge in [0.1, 0.15) is 35.8 Å². The SMILES string of the molecule is C=NC[C@]1(COP(=O)(O)OC[C@@H](CCCCCCCCCCCCCCCCCC)OCc2cc(Cl)cc(C#N)c2)O[C@@H](c2ccc3c(N)ncnn23)[C@H](O)[C@@H]1O. The maximum Gasteiger partial charge on any atom is 0.472 e. The van der Waals surface area contributed by atoms with Crippen molar-refractivity contribution < 1.29 is 38.2 Å². The van der Waals surface area contributed by atoms with Crippen LogP contribution >= 0.6 is 19.4 Å². The maximum absolute atomic E-state index is 13.3. The summed E-state index contributed by atoms with van der Waals surface area (Å²) in [5, 5.41) is 36.2. The fourth-order valence-corrected chi connectivity index (χ4v) is 8.40. The number of aliphatic hydroxyl groups excluding tert-OH is 2. The third-order valence-electron chi connectivity index (χ3n) is 10.6. The molecule has 14 nitrogen and oxygen atoms in total. The van der Waals surface area contributed by atoms with Gasteiger partial charge in [0.25, 0.3) is 0 Å². The summed E-state index contributed by atoms with van der Waals surface area (Å²) >= 11 is 6.20. The summed E-state index contributed by atoms with van der Waals surface area (Å²) in [7, 11) is -4.75. The van der Waals surface area contributed by atoms with E-state index in [1.807, 2.05) is 0 Å². The summed E-state index contributed by atoms with van der Waals surface area (Å²) in [4.78, 5) is 18.6. The van der Waals surface area contributed by atoms with Crippen molar-refractivity contribution >= 4 is 37.5 Å². The molecule has 3 heterocycles. The number of benzene rings is 1. The summed E-state index contributed by atoms with van der Waals surface area (Å²) in [6.45, 7) is 4.67. The lowest BCUT2D eigenvalue weighted by Gasteiger charge is -2.30. The number of phosphoric ester groups is 1. The third kappa shape index (κ3) is 14.7. The second-order valence-corrected chi connectivity index (χ2v) is 17.0. The first-order valence-corrected chi connectivity index (χ1v) is 22.4. The van der Waals surface area contributed by atoms with E-state index >= 15 is 0 Å². The Morgan fingerprint density at radius 1 is 1.02 bits per heavy atom. The van der Waals surface area contributed by atoms with Crippen LogP contribution in [0.1, 0.15) is 139 Å². The molecule has 16 heteroatoms. The number of anilines is 1. The van der Waals surface area contributed by atoms with E-state index in [1.165, 1.54) is 87.9 Å². The van der Waals surface area contributed by atoms with Crippen molar-refractivity contribution in [3.8, 4) is 6.07 Å². The van der Waals surface area contributed by atoms with Crippen molar-refractivity contribution in [1.82, 2.24) is 14.6 Å². The molecule has 0 radical (unpaired) electrons. The molecule has 0 spiro atoms. The normalized spacial score (nSPS) is 21.1. The lowest BCUT2D eigenvalue weighted by atomic mass is 9.95. The summed E-state index contributed by atoms with van der Waals surface area (Å²) in [5.41, 5.74) is 6.14. The monoisotopic (exact) mass is 832 g/mol. The van der Waals surface area contributed by atoms with Crippen LogP contribution in [0.25, 0.3) is 5.52 Å². The van der Waals surface area contributed by atoms with Crippen LogP contribution < -0.4 is 5.73 Å². The van der Waals surface area contributed by atoms with E-state index in [-0.39, 0.29) is 25.6 Å². The number of ether oxygens (including phenoxy) is 2. The Morgan fingerprint density at radius 2 is 1.65 bits per heavy atom. The quantitative estimate of drug-likeness (QED) is 0.0295. The number of fused-ring (bicyclic) bond motifs is 1. The van der Waals surface area contributed by atoms with Gasteiger partial charge in [0.15, 0.2) is 5.82 Å². The van der Waals surface area contributed by atoms with Crippen molar-refractivity contribution in [3.05, 3.63) is 58.5 Å². The van der Waals surface area contributed by atoms with Gasteiger partial charge in [0.2, 0.25) is 0 Å². The topological polar surface area (TPSA) is 207 Å². The first kappa shape index (κ1) is 46.7. The van der Waals surface area contributed by atoms with E-state index in [4.69, 9.17) is 35.9 Å². The van der Waals surface area contributed by atoms with Crippen molar-refractivity contribution in [1.29, 1.82) is 5.26 Å². The van der Waals surface area contributed by atoms with Crippen molar-refractivity contribution in [2.45, 2.75) is 153 Å². The van der Waals surface area contributed by atoms with Crippen LogP contribution in [0.15, 0.2) is 41.7 Å². The smallest absolute Gasteiger partial charge is 0.387 e. The Hall–Kier alpha value is -2.96. The number of aliphatic imine (C=N–C) groups is 1. The molecule has 0 aliphatic carbocycles. The van der Waals surface area contributed by atoms with Gasteiger partial charge in [-0.25, -0.2) is 14.1 Å². The highest BCUT2D eigenvalue weighted by Gasteiger charge is 2.56. The molecule has 0 amide bonds. The largest absolute Gasteiger partial charge is 0.472 e. The van der Waals surface area contributed by atoms with Gasteiger partial charge in [-0.1, -0.05) is 121 Å². The number of phosphoric acid groups is 1. The Kier molecular flexibility index (Phi) is 19.8. The standard InChI is InChI=1S/C41H62ClN6O8P/c1-3-4-5-6-7-8-9-10-11-12-13-14-15-16-17-18-19-34(53-26-32-22-31(25-43)23-33(42)24-32)27-54-57(51,52)55-29-41(28-45-2)39(50)37(49)38(56-41)35-20-21-36-40(44)46-30-47-48(35)36/h20-24,30,34,37-39,49-50H,2-19,26-29H2,1H3,(H,51,52)(H2,44,46,47)/t34-,37+,38+,39+,41-/m1/s1. The van der Waals surface area contributed by atoms with Gasteiger partial charge >= 0.3 is 7.82 Å². The summed E-state index contributed by atoms with van der Waals surface area (Å²) < 4.78 is 37.9. The number of aromatic nitrogens is 3.